The second-order valence-electron chi connectivity index (χ2n) is 3.82. The van der Waals surface area contributed by atoms with Crippen LogP contribution in [-0.2, 0) is 17.9 Å². The Balaban J connectivity index is 1.99. The molecule has 0 aliphatic heterocycles. The van der Waals surface area contributed by atoms with Gasteiger partial charge in [-0.25, -0.2) is 0 Å². The Labute approximate surface area is 123 Å². The van der Waals surface area contributed by atoms with Gasteiger partial charge in [-0.3, -0.25) is 0 Å². The maximum atomic E-state index is 5.50. The summed E-state index contributed by atoms with van der Waals surface area (Å²) in [5, 5.41) is 3.31. The molecule has 0 aliphatic rings. The highest BCUT2D eigenvalue weighted by molar-refractivity contribution is 9.13. The first-order valence-corrected chi connectivity index (χ1v) is 7.03. The second kappa shape index (κ2) is 6.41. The minimum atomic E-state index is 0.618. The molecule has 0 fully saturated rings. The molecule has 0 radical (unpaired) electrons. The number of furan rings is 1. The van der Waals surface area contributed by atoms with Gasteiger partial charge in [0.1, 0.15) is 5.76 Å². The fourth-order valence-electron chi connectivity index (χ4n) is 1.61. The van der Waals surface area contributed by atoms with Crippen molar-refractivity contribution in [1.29, 1.82) is 0 Å². The number of halogens is 2. The summed E-state index contributed by atoms with van der Waals surface area (Å²) in [7, 11) is 1.69. The highest BCUT2D eigenvalue weighted by Gasteiger charge is 2.05. The molecule has 5 heteroatoms. The Hall–Kier alpha value is -0.780. The van der Waals surface area contributed by atoms with Gasteiger partial charge in [-0.2, -0.15) is 0 Å². The van der Waals surface area contributed by atoms with Crippen LogP contribution in [0.25, 0.3) is 0 Å². The summed E-state index contributed by atoms with van der Waals surface area (Å²) in [4.78, 5) is 0. The van der Waals surface area contributed by atoms with Crippen LogP contribution in [-0.4, -0.2) is 7.11 Å². The molecule has 0 spiro atoms. The summed E-state index contributed by atoms with van der Waals surface area (Å²) < 4.78 is 12.2. The minimum Gasteiger partial charge on any atom is -0.451 e. The van der Waals surface area contributed by atoms with E-state index in [4.69, 9.17) is 9.15 Å². The summed E-state index contributed by atoms with van der Waals surface area (Å²) in [5.41, 5.74) is 2.19. The normalized spacial score (nSPS) is 10.6. The Bertz CT molecular complexity index is 506. The Morgan fingerprint density at radius 3 is 2.78 bits per heavy atom. The van der Waals surface area contributed by atoms with Crippen LogP contribution >= 0.6 is 31.9 Å². The van der Waals surface area contributed by atoms with Gasteiger partial charge in [0.2, 0.25) is 0 Å². The zero-order valence-corrected chi connectivity index (χ0v) is 13.0. The van der Waals surface area contributed by atoms with Crippen LogP contribution in [0.5, 0.6) is 0 Å². The van der Waals surface area contributed by atoms with Gasteiger partial charge < -0.3 is 14.5 Å². The van der Waals surface area contributed by atoms with E-state index >= 15 is 0 Å². The Morgan fingerprint density at radius 1 is 1.28 bits per heavy atom. The topological polar surface area (TPSA) is 34.4 Å². The molecule has 0 bridgehead atoms. The molecular weight excluding hydrogens is 362 g/mol. The average Bonchev–Trinajstić information content (AvgIpc) is 2.67. The van der Waals surface area contributed by atoms with Gasteiger partial charge in [0.25, 0.3) is 0 Å². The molecule has 0 unspecified atom stereocenters. The molecule has 2 rings (SSSR count). The van der Waals surface area contributed by atoms with E-state index in [0.29, 0.717) is 17.8 Å². The summed E-state index contributed by atoms with van der Waals surface area (Å²) in [6.45, 7) is 1.26. The van der Waals surface area contributed by atoms with E-state index in [9.17, 15) is 0 Å². The van der Waals surface area contributed by atoms with Gasteiger partial charge in [-0.1, -0.05) is 12.1 Å². The maximum Gasteiger partial charge on any atom is 0.183 e. The van der Waals surface area contributed by atoms with Crippen LogP contribution in [0.15, 0.2) is 43.9 Å². The number of hydrogen-bond acceptors (Lipinski definition) is 3. The molecule has 1 N–H and O–H groups in total. The first-order valence-electron chi connectivity index (χ1n) is 5.44. The fraction of sp³-hybridized carbons (Fsp3) is 0.231. The van der Waals surface area contributed by atoms with E-state index in [1.807, 2.05) is 24.3 Å². The van der Waals surface area contributed by atoms with Gasteiger partial charge in [-0.05, 0) is 55.6 Å². The number of anilines is 1. The zero-order valence-electron chi connectivity index (χ0n) is 9.87. The van der Waals surface area contributed by atoms with E-state index in [2.05, 4.69) is 43.2 Å². The predicted octanol–water partition coefficient (Wildman–Crippen LogP) is 4.56. The molecular formula is C13H13Br2NO2. The molecule has 1 heterocycles. The van der Waals surface area contributed by atoms with Crippen molar-refractivity contribution >= 4 is 37.5 Å². The molecule has 0 aliphatic carbocycles. The molecule has 3 nitrogen and oxygen atoms in total. The first-order chi connectivity index (χ1) is 8.69. The second-order valence-corrected chi connectivity index (χ2v) is 5.40. The van der Waals surface area contributed by atoms with Gasteiger partial charge in [-0.15, -0.1) is 0 Å². The van der Waals surface area contributed by atoms with Crippen molar-refractivity contribution in [2.45, 2.75) is 13.2 Å². The third-order valence-corrected chi connectivity index (χ3v) is 4.11. The fourth-order valence-corrected chi connectivity index (χ4v) is 2.26. The van der Waals surface area contributed by atoms with Gasteiger partial charge in [0.05, 0.1) is 17.6 Å². The van der Waals surface area contributed by atoms with Crippen molar-refractivity contribution in [1.82, 2.24) is 0 Å². The third kappa shape index (κ3) is 3.60. The highest BCUT2D eigenvalue weighted by atomic mass is 79.9. The lowest BCUT2D eigenvalue weighted by Crippen LogP contribution is -1.99. The van der Waals surface area contributed by atoms with Crippen molar-refractivity contribution in [2.24, 2.45) is 0 Å². The average molecular weight is 375 g/mol. The van der Waals surface area contributed by atoms with Crippen molar-refractivity contribution < 1.29 is 9.15 Å². The number of nitrogens with one attached hydrogen (secondary N) is 1. The van der Waals surface area contributed by atoms with Crippen LogP contribution in [0.2, 0.25) is 0 Å². The third-order valence-electron chi connectivity index (χ3n) is 2.40. The van der Waals surface area contributed by atoms with Crippen molar-refractivity contribution in [2.75, 3.05) is 12.4 Å². The summed E-state index contributed by atoms with van der Waals surface area (Å²) >= 11 is 6.71. The van der Waals surface area contributed by atoms with E-state index in [1.165, 1.54) is 0 Å². The van der Waals surface area contributed by atoms with Gasteiger partial charge >= 0.3 is 0 Å². The van der Waals surface area contributed by atoms with E-state index < -0.39 is 0 Å². The predicted molar refractivity (Wildman–Crippen MR) is 78.6 cm³/mol. The molecule has 1 aromatic heterocycles. The van der Waals surface area contributed by atoms with Crippen LogP contribution < -0.4 is 5.32 Å². The van der Waals surface area contributed by atoms with Crippen LogP contribution in [0.1, 0.15) is 11.3 Å². The highest BCUT2D eigenvalue weighted by Crippen LogP contribution is 2.27. The number of ether oxygens (including phenoxy) is 1. The number of benzene rings is 1. The van der Waals surface area contributed by atoms with Gasteiger partial charge in [0, 0.05) is 12.8 Å². The molecule has 0 atom stereocenters. The first kappa shape index (κ1) is 13.6. The largest absolute Gasteiger partial charge is 0.451 e. The maximum absolute atomic E-state index is 5.50. The van der Waals surface area contributed by atoms with E-state index in [1.54, 1.807) is 7.11 Å². The Kier molecular flexibility index (Phi) is 4.86. The lowest BCUT2D eigenvalue weighted by Gasteiger charge is -2.06. The molecule has 2 aromatic rings. The monoisotopic (exact) mass is 373 g/mol. The van der Waals surface area contributed by atoms with Crippen molar-refractivity contribution in [3.8, 4) is 0 Å². The lowest BCUT2D eigenvalue weighted by atomic mass is 10.2. The van der Waals surface area contributed by atoms with E-state index in [0.717, 1.165) is 21.5 Å². The number of rotatable bonds is 5. The van der Waals surface area contributed by atoms with Crippen molar-refractivity contribution in [3.05, 3.63) is 50.8 Å². The summed E-state index contributed by atoms with van der Waals surface area (Å²) in [5.74, 6) is 0.867. The summed E-state index contributed by atoms with van der Waals surface area (Å²) in [6, 6.07) is 10.1. The van der Waals surface area contributed by atoms with Crippen LogP contribution in [0, 0.1) is 0 Å². The van der Waals surface area contributed by atoms with E-state index in [-0.39, 0.29) is 0 Å². The zero-order chi connectivity index (χ0) is 13.0. The quantitative estimate of drug-likeness (QED) is 0.832. The smallest absolute Gasteiger partial charge is 0.183 e. The number of methoxy groups -OCH3 is 1. The Morgan fingerprint density at radius 2 is 2.11 bits per heavy atom. The molecule has 0 amide bonds. The standard InChI is InChI=1S/C13H13Br2NO2/c1-17-8-9-3-2-4-10(5-9)16-7-11-6-12(14)13(15)18-11/h2-6,16H,7-8H2,1H3. The minimum absolute atomic E-state index is 0.618. The van der Waals surface area contributed by atoms with Crippen LogP contribution in [0.4, 0.5) is 5.69 Å². The molecule has 1 aromatic carbocycles. The summed E-state index contributed by atoms with van der Waals surface area (Å²) in [6.07, 6.45) is 0. The molecule has 0 saturated heterocycles. The molecule has 96 valence electrons. The van der Waals surface area contributed by atoms with Crippen molar-refractivity contribution in [3.63, 3.8) is 0 Å². The number of hydrogen-bond donors (Lipinski definition) is 1. The lowest BCUT2D eigenvalue weighted by molar-refractivity contribution is 0.185. The van der Waals surface area contributed by atoms with Crippen LogP contribution in [0.3, 0.4) is 0 Å². The molecule has 18 heavy (non-hydrogen) atoms. The molecule has 0 saturated carbocycles. The van der Waals surface area contributed by atoms with Gasteiger partial charge in [0.15, 0.2) is 4.67 Å². The SMILES string of the molecule is COCc1cccc(NCc2cc(Br)c(Br)o2)c1.